The first kappa shape index (κ1) is 21.9. The Bertz CT molecular complexity index is 1020. The Labute approximate surface area is 172 Å². The molecule has 2 aromatic carbocycles. The molecule has 6 nitrogen and oxygen atoms in total. The van der Waals surface area contributed by atoms with E-state index >= 15 is 0 Å². The molecule has 1 saturated heterocycles. The Morgan fingerprint density at radius 2 is 1.87 bits per heavy atom. The van der Waals surface area contributed by atoms with E-state index < -0.39 is 27.5 Å². The van der Waals surface area contributed by atoms with Crippen LogP contribution in [0.5, 0.6) is 5.75 Å². The highest BCUT2D eigenvalue weighted by Gasteiger charge is 2.48. The minimum absolute atomic E-state index is 0.186. The van der Waals surface area contributed by atoms with Crippen LogP contribution in [0.3, 0.4) is 0 Å². The van der Waals surface area contributed by atoms with Gasteiger partial charge in [0.1, 0.15) is 0 Å². The lowest BCUT2D eigenvalue weighted by atomic mass is 9.94. The van der Waals surface area contributed by atoms with E-state index in [4.69, 9.17) is 0 Å². The Hall–Kier alpha value is -2.75. The second-order valence-electron chi connectivity index (χ2n) is 7.01. The minimum Gasteiger partial charge on any atom is -0.465 e. The van der Waals surface area contributed by atoms with Gasteiger partial charge in [-0.05, 0) is 42.9 Å². The number of likely N-dealkylation sites (tertiary alicyclic amines) is 1. The van der Waals surface area contributed by atoms with Crippen molar-refractivity contribution in [3.8, 4) is 16.9 Å². The first-order valence-electron chi connectivity index (χ1n) is 9.27. The van der Waals surface area contributed by atoms with Crippen LogP contribution in [0.2, 0.25) is 0 Å². The van der Waals surface area contributed by atoms with E-state index in [2.05, 4.69) is 4.18 Å². The highest BCUT2D eigenvalue weighted by Crippen LogP contribution is 2.35. The van der Waals surface area contributed by atoms with E-state index in [1.807, 2.05) is 0 Å². The lowest BCUT2D eigenvalue weighted by molar-refractivity contribution is -0.0499. The SMILES string of the molecule is O=C(O)N1CCCCC1Cc1cccc(-c2ccccc2OS(=O)(=O)C(F)(F)F)c1. The summed E-state index contributed by atoms with van der Waals surface area (Å²) in [5, 5.41) is 9.39. The maximum atomic E-state index is 12.7. The first-order valence-corrected chi connectivity index (χ1v) is 10.7. The molecule has 162 valence electrons. The van der Waals surface area contributed by atoms with Crippen molar-refractivity contribution in [3.63, 3.8) is 0 Å². The number of alkyl halides is 3. The lowest BCUT2D eigenvalue weighted by Crippen LogP contribution is -2.44. The number of halogens is 3. The fraction of sp³-hybridized carbons (Fsp3) is 0.350. The molecule has 1 unspecified atom stereocenters. The topological polar surface area (TPSA) is 83.9 Å². The van der Waals surface area contributed by atoms with E-state index in [1.54, 1.807) is 30.3 Å². The molecule has 0 aromatic heterocycles. The van der Waals surface area contributed by atoms with Gasteiger partial charge in [-0.1, -0.05) is 42.5 Å². The summed E-state index contributed by atoms with van der Waals surface area (Å²) in [7, 11) is -5.80. The summed E-state index contributed by atoms with van der Waals surface area (Å²) < 4.78 is 65.3. The van der Waals surface area contributed by atoms with Crippen LogP contribution in [0.4, 0.5) is 18.0 Å². The molecule has 1 fully saturated rings. The molecule has 0 bridgehead atoms. The van der Waals surface area contributed by atoms with Gasteiger partial charge in [0.15, 0.2) is 5.75 Å². The maximum Gasteiger partial charge on any atom is 0.534 e. The molecule has 1 N–H and O–H groups in total. The number of benzene rings is 2. The second kappa shape index (κ2) is 8.55. The molecule has 30 heavy (non-hydrogen) atoms. The van der Waals surface area contributed by atoms with Crippen LogP contribution in [0.1, 0.15) is 24.8 Å². The molecule has 0 aliphatic carbocycles. The van der Waals surface area contributed by atoms with Crippen LogP contribution in [0.15, 0.2) is 48.5 Å². The summed E-state index contributed by atoms with van der Waals surface area (Å²) in [4.78, 5) is 12.9. The predicted octanol–water partition coefficient (Wildman–Crippen LogP) is 4.66. The monoisotopic (exact) mass is 443 g/mol. The normalized spacial score (nSPS) is 17.6. The molecule has 1 aliphatic heterocycles. The molecule has 0 spiro atoms. The lowest BCUT2D eigenvalue weighted by Gasteiger charge is -2.33. The van der Waals surface area contributed by atoms with Gasteiger partial charge < -0.3 is 14.2 Å². The third kappa shape index (κ3) is 4.86. The number of hydrogen-bond acceptors (Lipinski definition) is 4. The molecule has 0 radical (unpaired) electrons. The molecule has 1 heterocycles. The van der Waals surface area contributed by atoms with Crippen LogP contribution < -0.4 is 4.18 Å². The van der Waals surface area contributed by atoms with E-state index in [9.17, 15) is 31.5 Å². The first-order chi connectivity index (χ1) is 14.1. The quantitative estimate of drug-likeness (QED) is 0.537. The van der Waals surface area contributed by atoms with Crippen LogP contribution >= 0.6 is 0 Å². The van der Waals surface area contributed by atoms with Crippen LogP contribution in [-0.2, 0) is 16.5 Å². The average Bonchev–Trinajstić information content (AvgIpc) is 2.68. The summed E-state index contributed by atoms with van der Waals surface area (Å²) in [6.45, 7) is 0.464. The molecule has 1 aliphatic rings. The minimum atomic E-state index is -5.80. The number of nitrogens with zero attached hydrogens (tertiary/aromatic N) is 1. The smallest absolute Gasteiger partial charge is 0.465 e. The number of carboxylic acid groups (broad SMARTS) is 1. The van der Waals surface area contributed by atoms with Crippen LogP contribution in [0.25, 0.3) is 11.1 Å². The summed E-state index contributed by atoms with van der Waals surface area (Å²) >= 11 is 0. The molecule has 3 rings (SSSR count). The van der Waals surface area contributed by atoms with Crippen molar-refractivity contribution in [3.05, 3.63) is 54.1 Å². The van der Waals surface area contributed by atoms with Crippen molar-refractivity contribution >= 4 is 16.2 Å². The zero-order valence-electron chi connectivity index (χ0n) is 15.8. The van der Waals surface area contributed by atoms with Gasteiger partial charge in [-0.3, -0.25) is 0 Å². The van der Waals surface area contributed by atoms with Crippen LogP contribution in [0, 0.1) is 0 Å². The third-order valence-corrected chi connectivity index (χ3v) is 5.92. The van der Waals surface area contributed by atoms with Gasteiger partial charge in [-0.25, -0.2) is 4.79 Å². The molecular formula is C20H20F3NO5S. The van der Waals surface area contributed by atoms with E-state index in [-0.39, 0.29) is 11.6 Å². The summed E-state index contributed by atoms with van der Waals surface area (Å²) in [5.74, 6) is -0.434. The largest absolute Gasteiger partial charge is 0.534 e. The second-order valence-corrected chi connectivity index (χ2v) is 8.55. The Balaban J connectivity index is 1.89. The van der Waals surface area contributed by atoms with Crippen LogP contribution in [-0.4, -0.2) is 42.6 Å². The summed E-state index contributed by atoms with van der Waals surface area (Å²) in [6.07, 6.45) is 1.91. The number of rotatable bonds is 5. The van der Waals surface area contributed by atoms with Gasteiger partial charge >= 0.3 is 21.7 Å². The highest BCUT2D eigenvalue weighted by atomic mass is 32.2. The van der Waals surface area contributed by atoms with E-state index in [0.29, 0.717) is 18.5 Å². The number of amides is 1. The summed E-state index contributed by atoms with van der Waals surface area (Å²) in [6, 6.07) is 12.2. The molecule has 0 saturated carbocycles. The number of hydrogen-bond donors (Lipinski definition) is 1. The van der Waals surface area contributed by atoms with Crippen molar-refractivity contribution in [2.75, 3.05) is 6.54 Å². The number of piperidine rings is 1. The predicted molar refractivity (Wildman–Crippen MR) is 104 cm³/mol. The number of para-hydroxylation sites is 1. The zero-order valence-corrected chi connectivity index (χ0v) is 16.6. The zero-order chi connectivity index (χ0) is 21.9. The highest BCUT2D eigenvalue weighted by molar-refractivity contribution is 7.88. The fourth-order valence-electron chi connectivity index (χ4n) is 3.55. The van der Waals surface area contributed by atoms with E-state index in [0.717, 1.165) is 30.9 Å². The standard InChI is InChI=1S/C20H20F3NO5S/c21-20(22,23)30(27,28)29-18-10-2-1-9-17(18)15-7-5-6-14(12-15)13-16-8-3-4-11-24(16)19(25)26/h1-2,5-7,9-10,12,16H,3-4,8,11,13H2,(H,25,26). The molecule has 1 amide bonds. The summed E-state index contributed by atoms with van der Waals surface area (Å²) in [5.41, 5.74) is -4.09. The van der Waals surface area contributed by atoms with Gasteiger partial charge in [-0.15, -0.1) is 0 Å². The van der Waals surface area contributed by atoms with Crippen molar-refractivity contribution in [2.24, 2.45) is 0 Å². The van der Waals surface area contributed by atoms with Gasteiger partial charge in [0.2, 0.25) is 0 Å². The van der Waals surface area contributed by atoms with Gasteiger partial charge in [0, 0.05) is 18.2 Å². The van der Waals surface area contributed by atoms with Crippen molar-refractivity contribution in [2.45, 2.75) is 37.2 Å². The van der Waals surface area contributed by atoms with Gasteiger partial charge in [-0.2, -0.15) is 21.6 Å². The molecule has 2 aromatic rings. The molecule has 10 heteroatoms. The average molecular weight is 443 g/mol. The van der Waals surface area contributed by atoms with Crippen molar-refractivity contribution in [1.29, 1.82) is 0 Å². The molecule has 1 atom stereocenters. The van der Waals surface area contributed by atoms with E-state index in [1.165, 1.54) is 17.0 Å². The maximum absolute atomic E-state index is 12.7. The van der Waals surface area contributed by atoms with Crippen molar-refractivity contribution in [1.82, 2.24) is 4.90 Å². The third-order valence-electron chi connectivity index (χ3n) is 4.95. The Morgan fingerprint density at radius 1 is 1.13 bits per heavy atom. The fourth-order valence-corrected chi connectivity index (χ4v) is 4.02. The number of carbonyl (C=O) groups is 1. The Kier molecular flexibility index (Phi) is 6.25. The van der Waals surface area contributed by atoms with Gasteiger partial charge in [0.05, 0.1) is 0 Å². The Morgan fingerprint density at radius 3 is 2.57 bits per heavy atom. The van der Waals surface area contributed by atoms with Gasteiger partial charge in [0.25, 0.3) is 0 Å². The van der Waals surface area contributed by atoms with Crippen molar-refractivity contribution < 1.29 is 35.7 Å². The molecular weight excluding hydrogens is 423 g/mol.